The molecular formula is C18H13N3O. The summed E-state index contributed by atoms with van der Waals surface area (Å²) in [5.74, 6) is -0.243. The molecule has 0 aliphatic heterocycles. The molecule has 1 N–H and O–H groups in total. The number of nitriles is 1. The minimum absolute atomic E-state index is 0.243. The molecule has 0 saturated heterocycles. The van der Waals surface area contributed by atoms with Gasteiger partial charge in [-0.3, -0.25) is 9.78 Å². The van der Waals surface area contributed by atoms with Crippen molar-refractivity contribution in [3.05, 3.63) is 71.4 Å². The number of benzene rings is 2. The van der Waals surface area contributed by atoms with Crippen molar-refractivity contribution in [3.63, 3.8) is 0 Å². The molecule has 3 aromatic rings. The van der Waals surface area contributed by atoms with E-state index in [1.54, 1.807) is 24.3 Å². The maximum Gasteiger partial charge on any atom is 0.255 e. The van der Waals surface area contributed by atoms with Gasteiger partial charge in [0.2, 0.25) is 0 Å². The van der Waals surface area contributed by atoms with E-state index in [1.807, 2.05) is 43.3 Å². The number of para-hydroxylation sites is 1. The topological polar surface area (TPSA) is 65.8 Å². The first-order chi connectivity index (χ1) is 10.7. The van der Waals surface area contributed by atoms with Crippen molar-refractivity contribution in [1.29, 1.82) is 5.26 Å². The molecule has 0 fully saturated rings. The smallest absolute Gasteiger partial charge is 0.255 e. The van der Waals surface area contributed by atoms with Crippen LogP contribution in [0, 0.1) is 18.3 Å². The number of carbonyl (C=O) groups excluding carboxylic acids is 1. The molecule has 1 heterocycles. The Hall–Kier alpha value is -3.19. The summed E-state index contributed by atoms with van der Waals surface area (Å²) in [7, 11) is 0. The lowest BCUT2D eigenvalue weighted by Crippen LogP contribution is -2.12. The maximum absolute atomic E-state index is 12.4. The number of carbonyl (C=O) groups is 1. The molecule has 0 unspecified atom stereocenters. The van der Waals surface area contributed by atoms with Gasteiger partial charge in [0.1, 0.15) is 0 Å². The molecule has 0 bridgehead atoms. The first-order valence-electron chi connectivity index (χ1n) is 6.85. The summed E-state index contributed by atoms with van der Waals surface area (Å²) in [5, 5.41) is 12.7. The quantitative estimate of drug-likeness (QED) is 0.782. The largest absolute Gasteiger partial charge is 0.321 e. The van der Waals surface area contributed by atoms with Crippen molar-refractivity contribution in [3.8, 4) is 6.07 Å². The summed E-state index contributed by atoms with van der Waals surface area (Å²) in [4.78, 5) is 16.8. The summed E-state index contributed by atoms with van der Waals surface area (Å²) in [5.41, 5.74) is 3.31. The Morgan fingerprint density at radius 3 is 2.77 bits per heavy atom. The van der Waals surface area contributed by atoms with Gasteiger partial charge in [-0.15, -0.1) is 0 Å². The second-order valence-corrected chi connectivity index (χ2v) is 4.98. The van der Waals surface area contributed by atoms with Gasteiger partial charge in [0.05, 0.1) is 22.8 Å². The molecule has 0 aliphatic rings. The average molecular weight is 287 g/mol. The van der Waals surface area contributed by atoms with E-state index >= 15 is 0 Å². The molecule has 2 aromatic carbocycles. The number of nitrogens with one attached hydrogen (secondary N) is 1. The Kier molecular flexibility index (Phi) is 3.55. The Labute approximate surface area is 128 Å². The molecule has 0 radical (unpaired) electrons. The fraction of sp³-hybridized carbons (Fsp3) is 0.0556. The van der Waals surface area contributed by atoms with Crippen molar-refractivity contribution < 1.29 is 4.79 Å². The van der Waals surface area contributed by atoms with Crippen LogP contribution in [0.1, 0.15) is 21.6 Å². The minimum atomic E-state index is -0.243. The minimum Gasteiger partial charge on any atom is -0.321 e. The Morgan fingerprint density at radius 1 is 1.14 bits per heavy atom. The van der Waals surface area contributed by atoms with Crippen LogP contribution in [0.5, 0.6) is 0 Å². The van der Waals surface area contributed by atoms with Gasteiger partial charge in [-0.1, -0.05) is 24.3 Å². The van der Waals surface area contributed by atoms with Gasteiger partial charge < -0.3 is 5.32 Å². The molecule has 0 atom stereocenters. The van der Waals surface area contributed by atoms with Gasteiger partial charge in [-0.2, -0.15) is 5.26 Å². The molecule has 22 heavy (non-hydrogen) atoms. The number of aromatic nitrogens is 1. The van der Waals surface area contributed by atoms with Gasteiger partial charge >= 0.3 is 0 Å². The molecule has 106 valence electrons. The molecule has 4 nitrogen and oxygen atoms in total. The van der Waals surface area contributed by atoms with E-state index in [4.69, 9.17) is 5.26 Å². The lowest BCUT2D eigenvalue weighted by Gasteiger charge is -2.10. The number of aryl methyl sites for hydroxylation is 1. The summed E-state index contributed by atoms with van der Waals surface area (Å²) in [6.45, 7) is 1.89. The monoisotopic (exact) mass is 287 g/mol. The Balaban J connectivity index is 1.99. The van der Waals surface area contributed by atoms with E-state index in [9.17, 15) is 4.79 Å². The Morgan fingerprint density at radius 2 is 1.95 bits per heavy atom. The number of amides is 1. The van der Waals surface area contributed by atoms with Gasteiger partial charge in [0.15, 0.2) is 0 Å². The van der Waals surface area contributed by atoms with Crippen molar-refractivity contribution in [2.75, 3.05) is 5.32 Å². The number of pyridine rings is 1. The summed E-state index contributed by atoms with van der Waals surface area (Å²) in [6.07, 6.45) is 0. The summed E-state index contributed by atoms with van der Waals surface area (Å²) >= 11 is 0. The fourth-order valence-electron chi connectivity index (χ4n) is 2.34. The van der Waals surface area contributed by atoms with E-state index < -0.39 is 0 Å². The SMILES string of the molecule is Cc1cc(NC(=O)c2cccc(C#N)c2)c2ccccc2n1. The van der Waals surface area contributed by atoms with Gasteiger partial charge in [-0.05, 0) is 37.3 Å². The second-order valence-electron chi connectivity index (χ2n) is 4.98. The van der Waals surface area contributed by atoms with E-state index in [-0.39, 0.29) is 5.91 Å². The van der Waals surface area contributed by atoms with E-state index in [1.165, 1.54) is 0 Å². The normalized spacial score (nSPS) is 10.2. The van der Waals surface area contributed by atoms with Crippen molar-refractivity contribution in [1.82, 2.24) is 4.98 Å². The van der Waals surface area contributed by atoms with E-state index in [0.717, 1.165) is 22.3 Å². The van der Waals surface area contributed by atoms with Crippen LogP contribution in [0.4, 0.5) is 5.69 Å². The van der Waals surface area contributed by atoms with Crippen LogP contribution in [0.3, 0.4) is 0 Å². The van der Waals surface area contributed by atoms with Crippen molar-refractivity contribution in [2.45, 2.75) is 6.92 Å². The van der Waals surface area contributed by atoms with Crippen LogP contribution in [0.25, 0.3) is 10.9 Å². The van der Waals surface area contributed by atoms with E-state index in [0.29, 0.717) is 11.1 Å². The predicted octanol–water partition coefficient (Wildman–Crippen LogP) is 3.67. The summed E-state index contributed by atoms with van der Waals surface area (Å²) < 4.78 is 0. The number of fused-ring (bicyclic) bond motifs is 1. The third-order valence-corrected chi connectivity index (χ3v) is 3.35. The number of rotatable bonds is 2. The molecular weight excluding hydrogens is 274 g/mol. The highest BCUT2D eigenvalue weighted by Crippen LogP contribution is 2.23. The van der Waals surface area contributed by atoms with Crippen LogP contribution in [0.15, 0.2) is 54.6 Å². The number of hydrogen-bond donors (Lipinski definition) is 1. The molecule has 3 rings (SSSR count). The van der Waals surface area contributed by atoms with Crippen LogP contribution in [0.2, 0.25) is 0 Å². The highest BCUT2D eigenvalue weighted by Gasteiger charge is 2.10. The van der Waals surface area contributed by atoms with Crippen LogP contribution >= 0.6 is 0 Å². The van der Waals surface area contributed by atoms with Crippen molar-refractivity contribution in [2.24, 2.45) is 0 Å². The first kappa shape index (κ1) is 13.8. The van der Waals surface area contributed by atoms with Crippen LogP contribution in [-0.4, -0.2) is 10.9 Å². The second kappa shape index (κ2) is 5.66. The van der Waals surface area contributed by atoms with Gasteiger partial charge in [-0.25, -0.2) is 0 Å². The third-order valence-electron chi connectivity index (χ3n) is 3.35. The maximum atomic E-state index is 12.4. The molecule has 0 saturated carbocycles. The molecule has 0 spiro atoms. The lowest BCUT2D eigenvalue weighted by molar-refractivity contribution is 0.102. The standard InChI is InChI=1S/C18H13N3O/c1-12-9-17(15-7-2-3-8-16(15)20-12)21-18(22)14-6-4-5-13(10-14)11-19/h2-10H,1H3,(H,20,21,22). The van der Waals surface area contributed by atoms with Crippen LogP contribution < -0.4 is 5.32 Å². The fourth-order valence-corrected chi connectivity index (χ4v) is 2.34. The molecule has 1 amide bonds. The predicted molar refractivity (Wildman–Crippen MR) is 85.6 cm³/mol. The van der Waals surface area contributed by atoms with Crippen LogP contribution in [-0.2, 0) is 0 Å². The lowest BCUT2D eigenvalue weighted by atomic mass is 10.1. The number of nitrogens with zero attached hydrogens (tertiary/aromatic N) is 2. The highest BCUT2D eigenvalue weighted by molar-refractivity contribution is 6.08. The average Bonchev–Trinajstić information content (AvgIpc) is 2.54. The third kappa shape index (κ3) is 2.65. The molecule has 0 aliphatic carbocycles. The van der Waals surface area contributed by atoms with Crippen molar-refractivity contribution >= 4 is 22.5 Å². The highest BCUT2D eigenvalue weighted by atomic mass is 16.1. The molecule has 4 heteroatoms. The zero-order valence-electron chi connectivity index (χ0n) is 12.0. The summed E-state index contributed by atoms with van der Waals surface area (Å²) in [6, 6.07) is 18.2. The number of hydrogen-bond acceptors (Lipinski definition) is 3. The molecule has 1 aromatic heterocycles. The zero-order chi connectivity index (χ0) is 15.5. The van der Waals surface area contributed by atoms with Gasteiger partial charge in [0, 0.05) is 16.6 Å². The Bertz CT molecular complexity index is 910. The first-order valence-corrected chi connectivity index (χ1v) is 6.85. The van der Waals surface area contributed by atoms with Gasteiger partial charge in [0.25, 0.3) is 5.91 Å². The zero-order valence-corrected chi connectivity index (χ0v) is 12.0. The van der Waals surface area contributed by atoms with E-state index in [2.05, 4.69) is 10.3 Å². The number of anilines is 1.